The second kappa shape index (κ2) is 5.22. The molecule has 1 unspecified atom stereocenters. The minimum absolute atomic E-state index is 0.275. The summed E-state index contributed by atoms with van der Waals surface area (Å²) in [6, 6.07) is 5.01. The molecule has 0 aliphatic heterocycles. The molecule has 1 atom stereocenters. The van der Waals surface area contributed by atoms with E-state index >= 15 is 0 Å². The number of hydrogen-bond acceptors (Lipinski definition) is 3. The molecular formula is C15H18ClNO4. The molecule has 0 bridgehead atoms. The lowest BCUT2D eigenvalue weighted by Crippen LogP contribution is -2.51. The number of aryl methyl sites for hydroxylation is 1. The molecule has 21 heavy (non-hydrogen) atoms. The van der Waals surface area contributed by atoms with Gasteiger partial charge in [0, 0.05) is 5.02 Å². The van der Waals surface area contributed by atoms with E-state index in [9.17, 15) is 14.7 Å². The summed E-state index contributed by atoms with van der Waals surface area (Å²) >= 11 is 5.93. The summed E-state index contributed by atoms with van der Waals surface area (Å²) in [6.07, 6.45) is 0.0719. The number of benzene rings is 1. The van der Waals surface area contributed by atoms with Crippen LogP contribution in [0.1, 0.15) is 38.3 Å². The molecule has 1 aliphatic carbocycles. The molecule has 6 heteroatoms. The van der Waals surface area contributed by atoms with E-state index in [1.807, 2.05) is 0 Å². The highest BCUT2D eigenvalue weighted by atomic mass is 35.5. The van der Waals surface area contributed by atoms with Gasteiger partial charge in [0.15, 0.2) is 5.54 Å². The van der Waals surface area contributed by atoms with Gasteiger partial charge in [0.05, 0.1) is 0 Å². The van der Waals surface area contributed by atoms with Crippen LogP contribution < -0.4 is 5.32 Å². The number of fused-ring (bicyclic) bond motifs is 1. The summed E-state index contributed by atoms with van der Waals surface area (Å²) < 4.78 is 5.17. The Balaban J connectivity index is 2.33. The van der Waals surface area contributed by atoms with E-state index in [4.69, 9.17) is 16.3 Å². The maximum absolute atomic E-state index is 12.0. The molecule has 1 aromatic carbocycles. The Labute approximate surface area is 128 Å². The van der Waals surface area contributed by atoms with Crippen molar-refractivity contribution in [3.8, 4) is 0 Å². The third-order valence-corrected chi connectivity index (χ3v) is 3.61. The SMILES string of the molecule is CC(C)(C)OC(=O)NC1(C(=O)O)CCc2cc(Cl)ccc21. The lowest BCUT2D eigenvalue weighted by atomic mass is 9.92. The number of carbonyl (C=O) groups excluding carboxylic acids is 1. The molecule has 2 rings (SSSR count). The van der Waals surface area contributed by atoms with Crippen LogP contribution in [-0.4, -0.2) is 22.8 Å². The van der Waals surface area contributed by atoms with Crippen LogP contribution in [0.5, 0.6) is 0 Å². The molecular weight excluding hydrogens is 294 g/mol. The van der Waals surface area contributed by atoms with Gasteiger partial charge < -0.3 is 15.2 Å². The quantitative estimate of drug-likeness (QED) is 0.880. The molecule has 0 heterocycles. The van der Waals surface area contributed by atoms with Gasteiger partial charge in [-0.2, -0.15) is 0 Å². The highest BCUT2D eigenvalue weighted by molar-refractivity contribution is 6.30. The number of nitrogens with one attached hydrogen (secondary N) is 1. The monoisotopic (exact) mass is 311 g/mol. The molecule has 5 nitrogen and oxygen atoms in total. The Kier molecular flexibility index (Phi) is 3.89. The van der Waals surface area contributed by atoms with E-state index in [0.29, 0.717) is 17.0 Å². The van der Waals surface area contributed by atoms with Crippen LogP contribution in [0.3, 0.4) is 0 Å². The lowest BCUT2D eigenvalue weighted by molar-refractivity contribution is -0.145. The average Bonchev–Trinajstić information content (AvgIpc) is 2.66. The number of hydrogen-bond donors (Lipinski definition) is 2. The highest BCUT2D eigenvalue weighted by Gasteiger charge is 2.47. The molecule has 0 saturated heterocycles. The fraction of sp³-hybridized carbons (Fsp3) is 0.467. The van der Waals surface area contributed by atoms with Crippen molar-refractivity contribution < 1.29 is 19.4 Å². The number of carbonyl (C=O) groups is 2. The molecule has 1 amide bonds. The minimum Gasteiger partial charge on any atom is -0.479 e. The topological polar surface area (TPSA) is 75.6 Å². The fourth-order valence-corrected chi connectivity index (χ4v) is 2.72. The number of ether oxygens (including phenoxy) is 1. The van der Waals surface area contributed by atoms with Crippen LogP contribution in [0.25, 0.3) is 0 Å². The second-order valence-electron chi connectivity index (χ2n) is 6.14. The van der Waals surface area contributed by atoms with Crippen molar-refractivity contribution in [2.75, 3.05) is 0 Å². The van der Waals surface area contributed by atoms with Crippen LogP contribution in [0.4, 0.5) is 4.79 Å². The van der Waals surface area contributed by atoms with E-state index in [2.05, 4.69) is 5.32 Å². The number of carboxylic acids is 1. The van der Waals surface area contributed by atoms with Gasteiger partial charge in [-0.25, -0.2) is 9.59 Å². The zero-order valence-electron chi connectivity index (χ0n) is 12.2. The average molecular weight is 312 g/mol. The third-order valence-electron chi connectivity index (χ3n) is 3.38. The van der Waals surface area contributed by atoms with E-state index in [-0.39, 0.29) is 6.42 Å². The number of aliphatic carboxylic acids is 1. The van der Waals surface area contributed by atoms with Crippen molar-refractivity contribution >= 4 is 23.7 Å². The summed E-state index contributed by atoms with van der Waals surface area (Å²) in [5.74, 6) is -1.10. The number of halogens is 1. The van der Waals surface area contributed by atoms with Gasteiger partial charge in [-0.15, -0.1) is 0 Å². The zero-order chi connectivity index (χ0) is 15.8. The molecule has 0 fully saturated rings. The van der Waals surface area contributed by atoms with E-state index in [0.717, 1.165) is 5.56 Å². The second-order valence-corrected chi connectivity index (χ2v) is 6.58. The predicted molar refractivity (Wildman–Crippen MR) is 78.5 cm³/mol. The fourth-order valence-electron chi connectivity index (χ4n) is 2.53. The maximum atomic E-state index is 12.0. The first-order valence-electron chi connectivity index (χ1n) is 6.67. The summed E-state index contributed by atoms with van der Waals surface area (Å²) in [4.78, 5) is 23.7. The van der Waals surface area contributed by atoms with Crippen molar-refractivity contribution in [2.45, 2.75) is 44.8 Å². The standard InChI is InChI=1S/C15H18ClNO4/c1-14(2,3)21-13(20)17-15(12(18)19)7-6-9-8-10(16)4-5-11(9)15/h4-5,8H,6-7H2,1-3H3,(H,17,20)(H,18,19). The molecule has 1 aromatic rings. The van der Waals surface area contributed by atoms with Gasteiger partial charge in [-0.1, -0.05) is 17.7 Å². The number of amides is 1. The first-order chi connectivity index (χ1) is 9.64. The van der Waals surface area contributed by atoms with Gasteiger partial charge in [0.25, 0.3) is 0 Å². The molecule has 1 aliphatic rings. The van der Waals surface area contributed by atoms with Gasteiger partial charge in [0.2, 0.25) is 0 Å². The highest BCUT2D eigenvalue weighted by Crippen LogP contribution is 2.38. The van der Waals surface area contributed by atoms with Crippen molar-refractivity contribution in [1.29, 1.82) is 0 Å². The van der Waals surface area contributed by atoms with Crippen molar-refractivity contribution in [2.24, 2.45) is 0 Å². The first-order valence-corrected chi connectivity index (χ1v) is 7.05. The predicted octanol–water partition coefficient (Wildman–Crippen LogP) is 3.09. The van der Waals surface area contributed by atoms with Crippen molar-refractivity contribution in [1.82, 2.24) is 5.32 Å². The van der Waals surface area contributed by atoms with E-state index in [1.165, 1.54) is 0 Å². The largest absolute Gasteiger partial charge is 0.479 e. The smallest absolute Gasteiger partial charge is 0.408 e. The first kappa shape index (κ1) is 15.6. The van der Waals surface area contributed by atoms with Gasteiger partial charge in [-0.3, -0.25) is 0 Å². The van der Waals surface area contributed by atoms with E-state index in [1.54, 1.807) is 39.0 Å². The zero-order valence-corrected chi connectivity index (χ0v) is 13.0. The van der Waals surface area contributed by atoms with Crippen LogP contribution in [-0.2, 0) is 21.5 Å². The van der Waals surface area contributed by atoms with Crippen LogP contribution in [0, 0.1) is 0 Å². The third kappa shape index (κ3) is 3.13. The van der Waals surface area contributed by atoms with Crippen LogP contribution in [0.15, 0.2) is 18.2 Å². The summed E-state index contributed by atoms with van der Waals surface area (Å²) in [6.45, 7) is 5.17. The molecule has 2 N–H and O–H groups in total. The molecule has 0 spiro atoms. The maximum Gasteiger partial charge on any atom is 0.408 e. The molecule has 114 valence electrons. The summed E-state index contributed by atoms with van der Waals surface area (Å²) in [5, 5.41) is 12.7. The molecule has 0 aromatic heterocycles. The van der Waals surface area contributed by atoms with Crippen molar-refractivity contribution in [3.05, 3.63) is 34.3 Å². The normalized spacial score (nSPS) is 20.8. The Morgan fingerprint density at radius 3 is 2.62 bits per heavy atom. The Bertz CT molecular complexity index is 594. The Morgan fingerprint density at radius 1 is 1.38 bits per heavy atom. The van der Waals surface area contributed by atoms with Crippen LogP contribution in [0.2, 0.25) is 5.02 Å². The number of rotatable bonds is 2. The molecule has 0 radical (unpaired) electrons. The lowest BCUT2D eigenvalue weighted by Gasteiger charge is -2.29. The van der Waals surface area contributed by atoms with Crippen molar-refractivity contribution in [3.63, 3.8) is 0 Å². The Hall–Kier alpha value is -1.75. The number of alkyl carbamates (subject to hydrolysis) is 1. The Morgan fingerprint density at radius 2 is 2.05 bits per heavy atom. The van der Waals surface area contributed by atoms with Gasteiger partial charge >= 0.3 is 12.1 Å². The number of carboxylic acid groups (broad SMARTS) is 1. The van der Waals surface area contributed by atoms with Crippen LogP contribution >= 0.6 is 11.6 Å². The summed E-state index contributed by atoms with van der Waals surface area (Å²) in [5.41, 5.74) is -0.751. The summed E-state index contributed by atoms with van der Waals surface area (Å²) in [7, 11) is 0. The minimum atomic E-state index is -1.46. The van der Waals surface area contributed by atoms with Gasteiger partial charge in [0.1, 0.15) is 5.60 Å². The van der Waals surface area contributed by atoms with Gasteiger partial charge in [-0.05, 0) is 56.9 Å². The van der Waals surface area contributed by atoms with E-state index < -0.39 is 23.2 Å². The molecule has 0 saturated carbocycles.